The Morgan fingerprint density at radius 1 is 1.09 bits per heavy atom. The molecule has 0 unspecified atom stereocenters. The summed E-state index contributed by atoms with van der Waals surface area (Å²) in [6.07, 6.45) is 1.16. The van der Waals surface area contributed by atoms with E-state index < -0.39 is 10.0 Å². The third-order valence-corrected chi connectivity index (χ3v) is 7.00. The molecule has 1 heterocycles. The van der Waals surface area contributed by atoms with E-state index in [9.17, 15) is 13.2 Å². The van der Waals surface area contributed by atoms with Gasteiger partial charge in [0, 0.05) is 12.7 Å². The number of nitrogens with zero attached hydrogens (tertiary/aromatic N) is 4. The zero-order chi connectivity index (χ0) is 23.3. The Balaban J connectivity index is 1.68. The summed E-state index contributed by atoms with van der Waals surface area (Å²) in [6.45, 7) is 4.20. The molecule has 3 aromatic rings. The first-order chi connectivity index (χ1) is 15.2. The van der Waals surface area contributed by atoms with Crippen molar-refractivity contribution in [2.24, 2.45) is 7.05 Å². The summed E-state index contributed by atoms with van der Waals surface area (Å²) >= 11 is 1.25. The van der Waals surface area contributed by atoms with E-state index in [4.69, 9.17) is 0 Å². The number of carbonyl (C=O) groups is 1. The summed E-state index contributed by atoms with van der Waals surface area (Å²) in [7, 11) is -1.75. The number of para-hydroxylation sites is 2. The molecule has 0 fully saturated rings. The van der Waals surface area contributed by atoms with Gasteiger partial charge in [-0.2, -0.15) is 0 Å². The van der Waals surface area contributed by atoms with E-state index in [1.165, 1.54) is 16.1 Å². The lowest BCUT2D eigenvalue weighted by atomic mass is 10.0. The molecule has 1 amide bonds. The number of benzene rings is 2. The van der Waals surface area contributed by atoms with Crippen LogP contribution in [0.5, 0.6) is 0 Å². The molecule has 0 spiro atoms. The molecule has 0 radical (unpaired) electrons. The van der Waals surface area contributed by atoms with Crippen LogP contribution >= 0.6 is 11.8 Å². The zero-order valence-electron chi connectivity index (χ0n) is 18.5. The number of sulfonamides is 1. The van der Waals surface area contributed by atoms with Crippen LogP contribution in [-0.2, 0) is 28.4 Å². The predicted molar refractivity (Wildman–Crippen MR) is 128 cm³/mol. The van der Waals surface area contributed by atoms with Gasteiger partial charge in [-0.25, -0.2) is 8.42 Å². The van der Waals surface area contributed by atoms with Gasteiger partial charge in [-0.3, -0.25) is 9.10 Å². The van der Waals surface area contributed by atoms with Crippen LogP contribution in [0.4, 0.5) is 11.4 Å². The smallest absolute Gasteiger partial charge is 0.234 e. The highest BCUT2D eigenvalue weighted by Gasteiger charge is 2.21. The maximum Gasteiger partial charge on any atom is 0.234 e. The van der Waals surface area contributed by atoms with Crippen molar-refractivity contribution in [1.82, 2.24) is 14.8 Å². The normalized spacial score (nSPS) is 11.5. The number of amides is 1. The molecule has 0 aliphatic carbocycles. The number of thioether (sulfide) groups is 1. The minimum Gasteiger partial charge on any atom is -0.325 e. The number of hydrogen-bond donors (Lipinski definition) is 1. The minimum absolute atomic E-state index is 0.0425. The van der Waals surface area contributed by atoms with Crippen LogP contribution in [0.3, 0.4) is 0 Å². The Hall–Kier alpha value is -2.85. The Morgan fingerprint density at radius 2 is 1.75 bits per heavy atom. The number of aromatic nitrogens is 3. The van der Waals surface area contributed by atoms with Crippen LogP contribution in [-0.4, -0.2) is 41.1 Å². The zero-order valence-corrected chi connectivity index (χ0v) is 20.2. The van der Waals surface area contributed by atoms with Crippen molar-refractivity contribution < 1.29 is 13.2 Å². The largest absolute Gasteiger partial charge is 0.325 e. The number of nitrogens with one attached hydrogen (secondary N) is 1. The van der Waals surface area contributed by atoms with Crippen LogP contribution in [0.2, 0.25) is 0 Å². The lowest BCUT2D eigenvalue weighted by Gasteiger charge is -2.21. The van der Waals surface area contributed by atoms with Crippen LogP contribution in [0.25, 0.3) is 0 Å². The van der Waals surface area contributed by atoms with Crippen molar-refractivity contribution >= 4 is 39.1 Å². The van der Waals surface area contributed by atoms with E-state index in [1.54, 1.807) is 35.9 Å². The number of rotatable bonds is 9. The highest BCUT2D eigenvalue weighted by molar-refractivity contribution is 7.99. The lowest BCUT2D eigenvalue weighted by Crippen LogP contribution is -2.30. The van der Waals surface area contributed by atoms with Gasteiger partial charge in [0.2, 0.25) is 15.9 Å². The maximum absolute atomic E-state index is 12.5. The number of anilines is 2. The Bertz CT molecular complexity index is 1180. The van der Waals surface area contributed by atoms with Crippen molar-refractivity contribution in [3.63, 3.8) is 0 Å². The third-order valence-electron chi connectivity index (χ3n) is 4.84. The summed E-state index contributed by atoms with van der Waals surface area (Å²) in [6, 6.07) is 16.6. The second kappa shape index (κ2) is 10.2. The summed E-state index contributed by atoms with van der Waals surface area (Å²) in [4.78, 5) is 12.5. The van der Waals surface area contributed by atoms with Gasteiger partial charge < -0.3 is 9.88 Å². The molecule has 0 aliphatic rings. The second-order valence-corrected chi connectivity index (χ2v) is 10.5. The summed E-state index contributed by atoms with van der Waals surface area (Å²) in [5.41, 5.74) is 2.43. The topological polar surface area (TPSA) is 97.2 Å². The Kier molecular flexibility index (Phi) is 7.57. The van der Waals surface area contributed by atoms with E-state index in [0.717, 1.165) is 17.5 Å². The molecule has 32 heavy (non-hydrogen) atoms. The van der Waals surface area contributed by atoms with Crippen molar-refractivity contribution in [1.29, 1.82) is 0 Å². The molecule has 0 bridgehead atoms. The maximum atomic E-state index is 12.5. The fourth-order valence-corrected chi connectivity index (χ4v) is 4.75. The molecule has 1 N–H and O–H groups in total. The molecule has 3 rings (SSSR count). The Morgan fingerprint density at radius 3 is 2.41 bits per heavy atom. The van der Waals surface area contributed by atoms with Gasteiger partial charge in [-0.05, 0) is 29.7 Å². The first-order valence-corrected chi connectivity index (χ1v) is 12.9. The van der Waals surface area contributed by atoms with Crippen LogP contribution < -0.4 is 9.62 Å². The van der Waals surface area contributed by atoms with Crippen LogP contribution in [0.1, 0.15) is 31.2 Å². The minimum atomic E-state index is -3.51. The molecular weight excluding hydrogens is 446 g/mol. The van der Waals surface area contributed by atoms with Crippen LogP contribution in [0.15, 0.2) is 59.8 Å². The second-order valence-electron chi connectivity index (χ2n) is 7.64. The first kappa shape index (κ1) is 23.8. The number of hydrogen-bond acceptors (Lipinski definition) is 6. The molecule has 0 atom stereocenters. The van der Waals surface area contributed by atoms with E-state index in [1.807, 2.05) is 30.3 Å². The van der Waals surface area contributed by atoms with Gasteiger partial charge in [0.1, 0.15) is 0 Å². The van der Waals surface area contributed by atoms with E-state index in [2.05, 4.69) is 29.4 Å². The van der Waals surface area contributed by atoms with Crippen molar-refractivity contribution in [3.05, 3.63) is 66.0 Å². The average molecular weight is 474 g/mol. The molecule has 170 valence electrons. The van der Waals surface area contributed by atoms with Gasteiger partial charge in [0.25, 0.3) is 0 Å². The van der Waals surface area contributed by atoms with Crippen molar-refractivity contribution in [2.75, 3.05) is 21.6 Å². The van der Waals surface area contributed by atoms with Gasteiger partial charge in [-0.1, -0.05) is 62.0 Å². The SMILES string of the molecule is CC(C)c1ccccc1NC(=O)CSc1nnc(CN(c2ccccc2)S(C)(=O)=O)n1C. The van der Waals surface area contributed by atoms with Crippen molar-refractivity contribution in [2.45, 2.75) is 31.5 Å². The monoisotopic (exact) mass is 473 g/mol. The van der Waals surface area contributed by atoms with Gasteiger partial charge in [0.05, 0.1) is 24.2 Å². The first-order valence-electron chi connectivity index (χ1n) is 10.1. The lowest BCUT2D eigenvalue weighted by molar-refractivity contribution is -0.113. The fourth-order valence-electron chi connectivity index (χ4n) is 3.16. The molecular formula is C22H27N5O3S2. The van der Waals surface area contributed by atoms with E-state index >= 15 is 0 Å². The van der Waals surface area contributed by atoms with Crippen molar-refractivity contribution in [3.8, 4) is 0 Å². The van der Waals surface area contributed by atoms with Gasteiger partial charge in [0.15, 0.2) is 11.0 Å². The van der Waals surface area contributed by atoms with Gasteiger partial charge in [-0.15, -0.1) is 10.2 Å². The summed E-state index contributed by atoms with van der Waals surface area (Å²) in [5, 5.41) is 11.8. The fraction of sp³-hybridized carbons (Fsp3) is 0.318. The van der Waals surface area contributed by atoms with E-state index in [0.29, 0.717) is 22.6 Å². The Labute approximate surface area is 193 Å². The molecule has 2 aromatic carbocycles. The van der Waals surface area contributed by atoms with Gasteiger partial charge >= 0.3 is 0 Å². The highest BCUT2D eigenvalue weighted by atomic mass is 32.2. The highest BCUT2D eigenvalue weighted by Crippen LogP contribution is 2.25. The average Bonchev–Trinajstić information content (AvgIpc) is 3.10. The van der Waals surface area contributed by atoms with E-state index in [-0.39, 0.29) is 18.2 Å². The standard InChI is InChI=1S/C22H27N5O3S2/c1-16(2)18-12-8-9-13-19(18)23-21(28)15-31-22-25-24-20(26(22)3)14-27(32(4,29)30)17-10-6-5-7-11-17/h5-13,16H,14-15H2,1-4H3,(H,23,28). The third kappa shape index (κ3) is 5.89. The molecule has 8 nitrogen and oxygen atoms in total. The summed E-state index contributed by atoms with van der Waals surface area (Å²) in [5.74, 6) is 0.789. The molecule has 0 saturated carbocycles. The van der Waals surface area contributed by atoms with Crippen LogP contribution in [0, 0.1) is 0 Å². The number of carbonyl (C=O) groups excluding carboxylic acids is 1. The predicted octanol–water partition coefficient (Wildman–Crippen LogP) is 3.64. The quantitative estimate of drug-likeness (QED) is 0.477. The summed E-state index contributed by atoms with van der Waals surface area (Å²) < 4.78 is 27.6. The molecule has 1 aromatic heterocycles. The molecule has 0 aliphatic heterocycles. The molecule has 0 saturated heterocycles. The molecule has 10 heteroatoms.